The van der Waals surface area contributed by atoms with Gasteiger partial charge in [0.1, 0.15) is 30.1 Å². The average Bonchev–Trinajstić information content (AvgIpc) is 2.94. The Bertz CT molecular complexity index is 1320. The van der Waals surface area contributed by atoms with Crippen LogP contribution in [0.25, 0.3) is 0 Å². The van der Waals surface area contributed by atoms with E-state index in [2.05, 4.69) is 5.32 Å². The van der Waals surface area contributed by atoms with Gasteiger partial charge in [-0.1, -0.05) is 42.5 Å². The van der Waals surface area contributed by atoms with Crippen molar-refractivity contribution in [1.29, 1.82) is 5.41 Å². The van der Waals surface area contributed by atoms with E-state index in [0.29, 0.717) is 5.56 Å². The molecule has 1 aliphatic heterocycles. The lowest BCUT2D eigenvalue weighted by Crippen LogP contribution is -2.63. The van der Waals surface area contributed by atoms with Crippen molar-refractivity contribution in [3.8, 4) is 0 Å². The third kappa shape index (κ3) is 8.63. The van der Waals surface area contributed by atoms with E-state index < -0.39 is 53.8 Å². The molecule has 0 aromatic heterocycles. The van der Waals surface area contributed by atoms with Crippen LogP contribution < -0.4 is 11.1 Å². The Hall–Kier alpha value is -4.74. The maximum absolute atomic E-state index is 14.0. The molecule has 0 aliphatic carbocycles. The normalized spacial score (nSPS) is 15.9. The summed E-state index contributed by atoms with van der Waals surface area (Å²) in [4.78, 5) is 68.0. The number of carbonyl (C=O) groups excluding carboxylic acids is 5. The number of ether oxygens (including phenoxy) is 2. The second kappa shape index (κ2) is 13.7. The van der Waals surface area contributed by atoms with Crippen molar-refractivity contribution in [3.63, 3.8) is 0 Å². The van der Waals surface area contributed by atoms with E-state index in [4.69, 9.17) is 20.6 Å². The fourth-order valence-electron chi connectivity index (χ4n) is 4.52. The molecule has 4 N–H and O–H groups in total. The first kappa shape index (κ1) is 31.8. The summed E-state index contributed by atoms with van der Waals surface area (Å²) >= 11 is 0. The van der Waals surface area contributed by atoms with Gasteiger partial charge >= 0.3 is 11.9 Å². The molecular formula is C30H37N5O7. The molecule has 0 radical (unpaired) electrons. The number of carbonyl (C=O) groups is 5. The first-order valence-corrected chi connectivity index (χ1v) is 13.5. The van der Waals surface area contributed by atoms with Crippen LogP contribution >= 0.6 is 0 Å². The van der Waals surface area contributed by atoms with E-state index in [1.54, 1.807) is 32.9 Å². The van der Waals surface area contributed by atoms with Crippen molar-refractivity contribution in [1.82, 2.24) is 15.1 Å². The molecule has 42 heavy (non-hydrogen) atoms. The Kier molecular flexibility index (Phi) is 10.4. The van der Waals surface area contributed by atoms with Gasteiger partial charge in [-0.3, -0.25) is 29.4 Å². The molecule has 2 aromatic rings. The number of methoxy groups -OCH3 is 1. The molecular weight excluding hydrogens is 542 g/mol. The zero-order valence-corrected chi connectivity index (χ0v) is 24.2. The van der Waals surface area contributed by atoms with Gasteiger partial charge in [-0.25, -0.2) is 0 Å². The number of amides is 3. The van der Waals surface area contributed by atoms with E-state index in [1.807, 2.05) is 18.2 Å². The maximum atomic E-state index is 14.0. The Morgan fingerprint density at radius 1 is 1.00 bits per heavy atom. The molecule has 2 atom stereocenters. The number of hydrogen-bond donors (Lipinski definition) is 3. The van der Waals surface area contributed by atoms with E-state index in [0.717, 1.165) is 5.56 Å². The molecule has 1 fully saturated rings. The van der Waals surface area contributed by atoms with Gasteiger partial charge in [0.2, 0.25) is 11.8 Å². The minimum Gasteiger partial charge on any atom is -0.469 e. The second-order valence-corrected chi connectivity index (χ2v) is 10.9. The Labute approximate surface area is 244 Å². The first-order valence-electron chi connectivity index (χ1n) is 13.5. The van der Waals surface area contributed by atoms with Crippen molar-refractivity contribution in [2.75, 3.05) is 26.7 Å². The minimum atomic E-state index is -1.24. The van der Waals surface area contributed by atoms with Crippen LogP contribution in [0.3, 0.4) is 0 Å². The zero-order valence-electron chi connectivity index (χ0n) is 24.2. The predicted octanol–water partition coefficient (Wildman–Crippen LogP) is 1.26. The highest BCUT2D eigenvalue weighted by Crippen LogP contribution is 2.19. The highest BCUT2D eigenvalue weighted by atomic mass is 16.6. The number of hydrogen-bond acceptors (Lipinski definition) is 8. The van der Waals surface area contributed by atoms with Crippen molar-refractivity contribution >= 4 is 35.5 Å². The van der Waals surface area contributed by atoms with E-state index in [1.165, 1.54) is 41.2 Å². The number of nitrogens with zero attached hydrogens (tertiary/aromatic N) is 2. The van der Waals surface area contributed by atoms with Gasteiger partial charge in [0.05, 0.1) is 13.5 Å². The molecule has 12 heteroatoms. The molecule has 2 aromatic carbocycles. The lowest BCUT2D eigenvalue weighted by Gasteiger charge is -2.41. The van der Waals surface area contributed by atoms with Gasteiger partial charge < -0.3 is 30.3 Å². The summed E-state index contributed by atoms with van der Waals surface area (Å²) in [6.07, 6.45) is -0.307. The number of nitrogen functional groups attached to an aromatic ring is 1. The van der Waals surface area contributed by atoms with E-state index >= 15 is 0 Å². The fourth-order valence-corrected chi connectivity index (χ4v) is 4.52. The number of piperazine rings is 1. The molecule has 224 valence electrons. The molecule has 12 nitrogen and oxygen atoms in total. The average molecular weight is 580 g/mol. The number of rotatable bonds is 10. The molecule has 1 saturated heterocycles. The van der Waals surface area contributed by atoms with Crippen LogP contribution in [0.2, 0.25) is 0 Å². The Morgan fingerprint density at radius 3 is 2.19 bits per heavy atom. The molecule has 3 amide bonds. The van der Waals surface area contributed by atoms with Crippen molar-refractivity contribution in [2.45, 2.75) is 51.3 Å². The highest BCUT2D eigenvalue weighted by molar-refractivity contribution is 6.01. The highest BCUT2D eigenvalue weighted by Gasteiger charge is 2.42. The molecule has 1 unspecified atom stereocenters. The van der Waals surface area contributed by atoms with Gasteiger partial charge in [-0.15, -0.1) is 0 Å². The molecule has 0 saturated carbocycles. The molecule has 1 heterocycles. The first-order chi connectivity index (χ1) is 19.8. The van der Waals surface area contributed by atoms with Crippen LogP contribution in [0.1, 0.15) is 48.7 Å². The van der Waals surface area contributed by atoms with Crippen LogP contribution in [0, 0.1) is 5.41 Å². The van der Waals surface area contributed by atoms with Crippen LogP contribution in [0.4, 0.5) is 0 Å². The number of esters is 2. The third-order valence-corrected chi connectivity index (χ3v) is 6.54. The monoisotopic (exact) mass is 579 g/mol. The predicted molar refractivity (Wildman–Crippen MR) is 153 cm³/mol. The SMILES string of the molecule is COC(=O)CC1C(=O)N(CC(=O)OC(C)(C)C)CCN1C(=O)[C@@H](Cc1ccccc1)NC(=O)c1ccc(C(=N)N)cc1. The van der Waals surface area contributed by atoms with Crippen molar-refractivity contribution in [2.24, 2.45) is 5.73 Å². The largest absolute Gasteiger partial charge is 0.469 e. The number of benzene rings is 2. The number of nitrogens with one attached hydrogen (secondary N) is 2. The smallest absolute Gasteiger partial charge is 0.326 e. The van der Waals surface area contributed by atoms with Gasteiger partial charge in [-0.2, -0.15) is 0 Å². The quantitative estimate of drug-likeness (QED) is 0.214. The molecule has 1 aliphatic rings. The molecule has 0 bridgehead atoms. The Morgan fingerprint density at radius 2 is 1.62 bits per heavy atom. The van der Waals surface area contributed by atoms with Crippen LogP contribution in [-0.2, 0) is 35.1 Å². The van der Waals surface area contributed by atoms with Gasteiger partial charge in [0.15, 0.2) is 0 Å². The van der Waals surface area contributed by atoms with Gasteiger partial charge in [0, 0.05) is 30.6 Å². The lowest BCUT2D eigenvalue weighted by molar-refractivity contribution is -0.164. The molecule has 3 rings (SSSR count). The maximum Gasteiger partial charge on any atom is 0.326 e. The van der Waals surface area contributed by atoms with Crippen LogP contribution in [0.5, 0.6) is 0 Å². The van der Waals surface area contributed by atoms with Crippen LogP contribution in [-0.4, -0.2) is 89.7 Å². The summed E-state index contributed by atoms with van der Waals surface area (Å²) in [6.45, 7) is 4.84. The summed E-state index contributed by atoms with van der Waals surface area (Å²) in [5.74, 6) is -3.18. The Balaban J connectivity index is 1.87. The number of nitrogens with two attached hydrogens (primary N) is 1. The van der Waals surface area contributed by atoms with Crippen molar-refractivity contribution < 1.29 is 33.4 Å². The zero-order chi connectivity index (χ0) is 31.0. The summed E-state index contributed by atoms with van der Waals surface area (Å²) in [5.41, 5.74) is 6.21. The third-order valence-electron chi connectivity index (χ3n) is 6.54. The fraction of sp³-hybridized carbons (Fsp3) is 0.400. The van der Waals surface area contributed by atoms with Crippen molar-refractivity contribution in [3.05, 3.63) is 71.3 Å². The summed E-state index contributed by atoms with van der Waals surface area (Å²) < 4.78 is 10.1. The van der Waals surface area contributed by atoms with Crippen LogP contribution in [0.15, 0.2) is 54.6 Å². The molecule has 0 spiro atoms. The second-order valence-electron chi connectivity index (χ2n) is 10.9. The minimum absolute atomic E-state index is 0.0174. The van der Waals surface area contributed by atoms with Gasteiger partial charge in [-0.05, 0) is 38.5 Å². The summed E-state index contributed by atoms with van der Waals surface area (Å²) in [6, 6.07) is 12.8. The van der Waals surface area contributed by atoms with E-state index in [-0.39, 0.29) is 37.5 Å². The van der Waals surface area contributed by atoms with E-state index in [9.17, 15) is 24.0 Å². The standard InChI is InChI=1S/C30H37N5O7/c1-30(2,3)42-25(37)18-34-14-15-35(23(29(34)40)17-24(36)41-4)28(39)22(16-19-8-6-5-7-9-19)33-27(38)21-12-10-20(11-13-21)26(31)32/h5-13,22-23H,14-18H2,1-4H3,(H3,31,32)(H,33,38)/t22-,23?/m1/s1. The number of amidine groups is 1. The summed E-state index contributed by atoms with van der Waals surface area (Å²) in [5, 5.41) is 10.3. The lowest BCUT2D eigenvalue weighted by atomic mass is 10.0. The summed E-state index contributed by atoms with van der Waals surface area (Å²) in [7, 11) is 1.18. The topological polar surface area (TPSA) is 172 Å². The van der Waals surface area contributed by atoms with Gasteiger partial charge in [0.25, 0.3) is 5.91 Å².